The molecule has 0 saturated heterocycles. The third-order valence-electron chi connectivity index (χ3n) is 3.45. The van der Waals surface area contributed by atoms with Crippen LogP contribution >= 0.6 is 0 Å². The Morgan fingerprint density at radius 3 is 2.52 bits per heavy atom. The fourth-order valence-corrected chi connectivity index (χ4v) is 2.17. The lowest BCUT2D eigenvalue weighted by Crippen LogP contribution is -2.07. The van der Waals surface area contributed by atoms with E-state index in [4.69, 9.17) is 4.74 Å². The van der Waals surface area contributed by atoms with Gasteiger partial charge in [-0.25, -0.2) is 4.68 Å². The first-order valence-electron chi connectivity index (χ1n) is 7.61. The zero-order valence-electron chi connectivity index (χ0n) is 13.0. The van der Waals surface area contributed by atoms with Crippen molar-refractivity contribution in [1.29, 1.82) is 0 Å². The second-order valence-electron chi connectivity index (χ2n) is 5.09. The average molecular weight is 309 g/mol. The van der Waals surface area contributed by atoms with E-state index in [-0.39, 0.29) is 0 Å². The van der Waals surface area contributed by atoms with Crippen LogP contribution in [-0.2, 0) is 19.7 Å². The van der Waals surface area contributed by atoms with Gasteiger partial charge in [-0.05, 0) is 40.6 Å². The second kappa shape index (κ2) is 7.40. The van der Waals surface area contributed by atoms with E-state index in [1.807, 2.05) is 49.4 Å². The highest BCUT2D eigenvalue weighted by Crippen LogP contribution is 2.15. The predicted molar refractivity (Wildman–Crippen MR) is 88.0 cm³/mol. The van der Waals surface area contributed by atoms with Crippen LogP contribution in [0.3, 0.4) is 0 Å². The zero-order valence-corrected chi connectivity index (χ0v) is 13.0. The fraction of sp³-hybridized carbons (Fsp3) is 0.235. The quantitative estimate of drug-likeness (QED) is 0.727. The number of benzene rings is 2. The molecule has 2 aromatic carbocycles. The smallest absolute Gasteiger partial charge is 0.243 e. The second-order valence-corrected chi connectivity index (χ2v) is 5.09. The van der Waals surface area contributed by atoms with E-state index >= 15 is 0 Å². The van der Waals surface area contributed by atoms with E-state index in [1.54, 1.807) is 4.68 Å². The highest BCUT2D eigenvalue weighted by Gasteiger charge is 2.03. The van der Waals surface area contributed by atoms with Crippen LogP contribution in [0.15, 0.2) is 54.6 Å². The third kappa shape index (κ3) is 4.06. The summed E-state index contributed by atoms with van der Waals surface area (Å²) < 4.78 is 7.50. The van der Waals surface area contributed by atoms with Gasteiger partial charge in [-0.15, -0.1) is 0 Å². The first-order valence-corrected chi connectivity index (χ1v) is 7.61. The molecule has 0 aliphatic rings. The van der Waals surface area contributed by atoms with Crippen LogP contribution in [0.5, 0.6) is 5.75 Å². The van der Waals surface area contributed by atoms with Crippen molar-refractivity contribution in [3.63, 3.8) is 0 Å². The van der Waals surface area contributed by atoms with Gasteiger partial charge in [0.25, 0.3) is 0 Å². The lowest BCUT2D eigenvalue weighted by molar-refractivity contribution is 0.306. The number of anilines is 1. The molecule has 0 atom stereocenters. The molecule has 118 valence electrons. The molecule has 3 aromatic rings. The number of nitrogens with one attached hydrogen (secondary N) is 1. The van der Waals surface area contributed by atoms with Gasteiger partial charge in [-0.2, -0.15) is 0 Å². The number of rotatable bonds is 7. The van der Waals surface area contributed by atoms with Crippen molar-refractivity contribution in [1.82, 2.24) is 20.2 Å². The Labute approximate surface area is 135 Å². The molecule has 1 N–H and O–H groups in total. The van der Waals surface area contributed by atoms with E-state index in [0.29, 0.717) is 19.1 Å². The van der Waals surface area contributed by atoms with E-state index in [9.17, 15) is 0 Å². The zero-order chi connectivity index (χ0) is 15.9. The monoisotopic (exact) mass is 309 g/mol. The van der Waals surface area contributed by atoms with Gasteiger partial charge < -0.3 is 10.1 Å². The first-order chi connectivity index (χ1) is 11.3. The summed E-state index contributed by atoms with van der Waals surface area (Å²) in [6, 6.07) is 18.1. The maximum absolute atomic E-state index is 5.78. The molecular weight excluding hydrogens is 290 g/mol. The highest BCUT2D eigenvalue weighted by molar-refractivity contribution is 5.31. The van der Waals surface area contributed by atoms with E-state index in [2.05, 4.69) is 33.0 Å². The van der Waals surface area contributed by atoms with Gasteiger partial charge >= 0.3 is 0 Å². The van der Waals surface area contributed by atoms with E-state index in [1.165, 1.54) is 0 Å². The minimum Gasteiger partial charge on any atom is -0.489 e. The number of aromatic nitrogens is 4. The minimum atomic E-state index is 0.573. The maximum Gasteiger partial charge on any atom is 0.243 e. The summed E-state index contributed by atoms with van der Waals surface area (Å²) in [6.45, 7) is 3.98. The van der Waals surface area contributed by atoms with Crippen molar-refractivity contribution in [3.8, 4) is 5.75 Å². The van der Waals surface area contributed by atoms with Gasteiger partial charge in [0.15, 0.2) is 0 Å². The number of ether oxygens (including phenoxy) is 1. The van der Waals surface area contributed by atoms with Crippen LogP contribution in [0.4, 0.5) is 5.95 Å². The molecule has 6 heteroatoms. The molecule has 1 aromatic heterocycles. The van der Waals surface area contributed by atoms with Crippen LogP contribution in [0.2, 0.25) is 0 Å². The van der Waals surface area contributed by atoms with Crippen LogP contribution in [0.1, 0.15) is 18.1 Å². The van der Waals surface area contributed by atoms with Crippen LogP contribution in [0, 0.1) is 0 Å². The first kappa shape index (κ1) is 15.0. The molecule has 3 rings (SSSR count). The van der Waals surface area contributed by atoms with Gasteiger partial charge in [0.2, 0.25) is 5.95 Å². The van der Waals surface area contributed by atoms with E-state index < -0.39 is 0 Å². The summed E-state index contributed by atoms with van der Waals surface area (Å²) in [6.07, 6.45) is 0. The highest BCUT2D eigenvalue weighted by atomic mass is 16.5. The fourth-order valence-electron chi connectivity index (χ4n) is 2.17. The molecule has 0 fully saturated rings. The summed E-state index contributed by atoms with van der Waals surface area (Å²) in [4.78, 5) is 0. The SMILES string of the molecule is CCn1nnnc1NCc1ccc(OCc2ccccc2)cc1. The van der Waals surface area contributed by atoms with Crippen LogP contribution < -0.4 is 10.1 Å². The molecule has 0 aliphatic carbocycles. The van der Waals surface area contributed by atoms with E-state index in [0.717, 1.165) is 23.4 Å². The minimum absolute atomic E-state index is 0.573. The molecule has 0 unspecified atom stereocenters. The Hall–Kier alpha value is -2.89. The summed E-state index contributed by atoms with van der Waals surface area (Å²) in [7, 11) is 0. The predicted octanol–water partition coefficient (Wildman–Crippen LogP) is 2.88. The number of hydrogen-bond acceptors (Lipinski definition) is 5. The number of nitrogens with zero attached hydrogens (tertiary/aromatic N) is 4. The Balaban J connectivity index is 1.53. The number of aryl methyl sites for hydroxylation is 1. The van der Waals surface area contributed by atoms with Crippen molar-refractivity contribution in [3.05, 3.63) is 65.7 Å². The molecule has 0 bridgehead atoms. The molecule has 0 saturated carbocycles. The largest absolute Gasteiger partial charge is 0.489 e. The van der Waals surface area contributed by atoms with Gasteiger partial charge in [0.1, 0.15) is 12.4 Å². The van der Waals surface area contributed by atoms with Crippen LogP contribution in [-0.4, -0.2) is 20.2 Å². The summed E-state index contributed by atoms with van der Waals surface area (Å²) in [5, 5.41) is 14.7. The topological polar surface area (TPSA) is 64.9 Å². The van der Waals surface area contributed by atoms with Gasteiger partial charge in [-0.1, -0.05) is 47.6 Å². The molecule has 0 amide bonds. The van der Waals surface area contributed by atoms with Crippen molar-refractivity contribution >= 4 is 5.95 Å². The Morgan fingerprint density at radius 1 is 1.00 bits per heavy atom. The maximum atomic E-state index is 5.78. The molecule has 23 heavy (non-hydrogen) atoms. The third-order valence-corrected chi connectivity index (χ3v) is 3.45. The molecule has 1 heterocycles. The summed E-state index contributed by atoms with van der Waals surface area (Å²) in [5.41, 5.74) is 2.30. The van der Waals surface area contributed by atoms with Crippen LogP contribution in [0.25, 0.3) is 0 Å². The summed E-state index contributed by atoms with van der Waals surface area (Å²) in [5.74, 6) is 1.54. The Kier molecular flexibility index (Phi) is 4.83. The number of tetrazole rings is 1. The van der Waals surface area contributed by atoms with Crippen molar-refractivity contribution < 1.29 is 4.74 Å². The molecule has 0 radical (unpaired) electrons. The molecule has 0 aliphatic heterocycles. The number of hydrogen-bond donors (Lipinski definition) is 1. The van der Waals surface area contributed by atoms with Gasteiger partial charge in [0.05, 0.1) is 0 Å². The van der Waals surface area contributed by atoms with Gasteiger partial charge in [0, 0.05) is 13.1 Å². The van der Waals surface area contributed by atoms with Crippen molar-refractivity contribution in [2.75, 3.05) is 5.32 Å². The normalized spacial score (nSPS) is 10.5. The average Bonchev–Trinajstić information content (AvgIpc) is 3.07. The molecule has 0 spiro atoms. The molecular formula is C17H19N5O. The Bertz CT molecular complexity index is 724. The lowest BCUT2D eigenvalue weighted by Gasteiger charge is -2.08. The van der Waals surface area contributed by atoms with Gasteiger partial charge in [-0.3, -0.25) is 0 Å². The Morgan fingerprint density at radius 2 is 1.78 bits per heavy atom. The van der Waals surface area contributed by atoms with Crippen molar-refractivity contribution in [2.24, 2.45) is 0 Å². The lowest BCUT2D eigenvalue weighted by atomic mass is 10.2. The summed E-state index contributed by atoms with van der Waals surface area (Å²) >= 11 is 0. The molecule has 6 nitrogen and oxygen atoms in total. The van der Waals surface area contributed by atoms with Crippen molar-refractivity contribution in [2.45, 2.75) is 26.6 Å². The standard InChI is InChI=1S/C17H19N5O/c1-2-22-17(19-20-21-22)18-12-14-8-10-16(11-9-14)23-13-15-6-4-3-5-7-15/h3-11H,2,12-13H2,1H3,(H,18,19,21).